The summed E-state index contributed by atoms with van der Waals surface area (Å²) < 4.78 is 25.8. The first-order valence-corrected chi connectivity index (χ1v) is 9.37. The molecule has 114 valence electrons. The minimum Gasteiger partial charge on any atom is -0.357 e. The molecule has 1 heterocycles. The molecule has 1 aliphatic heterocycles. The summed E-state index contributed by atoms with van der Waals surface area (Å²) in [5.41, 5.74) is 0. The Morgan fingerprint density at radius 2 is 2.10 bits per heavy atom. The van der Waals surface area contributed by atoms with Crippen LogP contribution < -0.4 is 10.6 Å². The van der Waals surface area contributed by atoms with Crippen molar-refractivity contribution < 1.29 is 8.42 Å². The molecule has 0 spiro atoms. The Labute approximate surface area is 125 Å². The SMILES string of the molecule is C#CCNC(=NCCS(=O)(=O)N1CCSCC1)NCC. The van der Waals surface area contributed by atoms with Gasteiger partial charge in [-0.1, -0.05) is 5.92 Å². The standard InChI is InChI=1S/C12H22N4O2S2/c1-3-5-14-12(13-4-2)15-6-11-20(17,18)16-7-9-19-10-8-16/h1H,4-11H2,2H3,(H2,13,14,15). The second kappa shape index (κ2) is 9.10. The molecule has 0 bridgehead atoms. The van der Waals surface area contributed by atoms with E-state index < -0.39 is 10.0 Å². The second-order valence-electron chi connectivity index (χ2n) is 4.15. The predicted molar refractivity (Wildman–Crippen MR) is 85.5 cm³/mol. The Kier molecular flexibility index (Phi) is 7.80. The van der Waals surface area contributed by atoms with Gasteiger partial charge in [0.1, 0.15) is 0 Å². The molecular weight excluding hydrogens is 296 g/mol. The minimum atomic E-state index is -3.20. The van der Waals surface area contributed by atoms with Gasteiger partial charge in [0.2, 0.25) is 10.0 Å². The molecule has 8 heteroatoms. The van der Waals surface area contributed by atoms with Crippen LogP contribution in [-0.2, 0) is 10.0 Å². The third-order valence-electron chi connectivity index (χ3n) is 2.68. The molecule has 6 nitrogen and oxygen atoms in total. The maximum absolute atomic E-state index is 12.1. The molecule has 0 amide bonds. The van der Waals surface area contributed by atoms with Crippen molar-refractivity contribution in [2.24, 2.45) is 4.99 Å². The third kappa shape index (κ3) is 6.03. The predicted octanol–water partition coefficient (Wildman–Crippen LogP) is -0.447. The van der Waals surface area contributed by atoms with E-state index in [1.807, 2.05) is 6.92 Å². The summed E-state index contributed by atoms with van der Waals surface area (Å²) >= 11 is 1.79. The third-order valence-corrected chi connectivity index (χ3v) is 5.48. The molecule has 1 aliphatic rings. The van der Waals surface area contributed by atoms with Crippen molar-refractivity contribution in [2.45, 2.75) is 6.92 Å². The van der Waals surface area contributed by atoms with Gasteiger partial charge in [0.25, 0.3) is 0 Å². The number of nitrogens with zero attached hydrogens (tertiary/aromatic N) is 2. The summed E-state index contributed by atoms with van der Waals surface area (Å²) in [5, 5.41) is 5.94. The summed E-state index contributed by atoms with van der Waals surface area (Å²) in [5.74, 6) is 4.78. The summed E-state index contributed by atoms with van der Waals surface area (Å²) in [4.78, 5) is 4.22. The van der Waals surface area contributed by atoms with Crippen molar-refractivity contribution in [1.82, 2.24) is 14.9 Å². The van der Waals surface area contributed by atoms with E-state index in [1.165, 1.54) is 0 Å². The number of hydrogen-bond acceptors (Lipinski definition) is 4. The molecular formula is C12H22N4O2S2. The molecule has 1 rings (SSSR count). The fraction of sp³-hybridized carbons (Fsp3) is 0.750. The zero-order valence-electron chi connectivity index (χ0n) is 11.8. The Bertz CT molecular complexity index is 451. The maximum Gasteiger partial charge on any atom is 0.215 e. The van der Waals surface area contributed by atoms with Gasteiger partial charge < -0.3 is 10.6 Å². The first kappa shape index (κ1) is 17.1. The first-order valence-electron chi connectivity index (χ1n) is 6.61. The van der Waals surface area contributed by atoms with Gasteiger partial charge in [-0.15, -0.1) is 6.42 Å². The van der Waals surface area contributed by atoms with Gasteiger partial charge in [-0.05, 0) is 6.92 Å². The number of thioether (sulfide) groups is 1. The largest absolute Gasteiger partial charge is 0.357 e. The summed E-state index contributed by atoms with van der Waals surface area (Å²) in [7, 11) is -3.20. The van der Waals surface area contributed by atoms with Gasteiger partial charge in [0.05, 0.1) is 18.8 Å². The zero-order valence-corrected chi connectivity index (χ0v) is 13.4. The molecule has 0 aromatic heterocycles. The number of terminal acetylenes is 1. The van der Waals surface area contributed by atoms with Crippen molar-refractivity contribution in [3.8, 4) is 12.3 Å². The van der Waals surface area contributed by atoms with Crippen LogP contribution in [0.2, 0.25) is 0 Å². The van der Waals surface area contributed by atoms with E-state index in [1.54, 1.807) is 16.1 Å². The Balaban J connectivity index is 2.48. The molecule has 0 atom stereocenters. The molecule has 0 aromatic rings. The average molecular weight is 318 g/mol. The monoisotopic (exact) mass is 318 g/mol. The summed E-state index contributed by atoms with van der Waals surface area (Å²) in [6, 6.07) is 0. The lowest BCUT2D eigenvalue weighted by Crippen LogP contribution is -2.40. The van der Waals surface area contributed by atoms with E-state index >= 15 is 0 Å². The molecule has 2 N–H and O–H groups in total. The van der Waals surface area contributed by atoms with Gasteiger partial charge in [0.15, 0.2) is 5.96 Å². The molecule has 0 saturated carbocycles. The van der Waals surface area contributed by atoms with Crippen LogP contribution in [0.15, 0.2) is 4.99 Å². The van der Waals surface area contributed by atoms with Crippen molar-refractivity contribution >= 4 is 27.7 Å². The van der Waals surface area contributed by atoms with Crippen LogP contribution in [0.4, 0.5) is 0 Å². The van der Waals surface area contributed by atoms with E-state index in [0.717, 1.165) is 11.5 Å². The number of aliphatic imine (C=N–C) groups is 1. The highest BCUT2D eigenvalue weighted by Crippen LogP contribution is 2.13. The Morgan fingerprint density at radius 1 is 1.40 bits per heavy atom. The van der Waals surface area contributed by atoms with Crippen LogP contribution in [0.3, 0.4) is 0 Å². The van der Waals surface area contributed by atoms with Crippen LogP contribution in [0.5, 0.6) is 0 Å². The molecule has 1 fully saturated rings. The van der Waals surface area contributed by atoms with Crippen LogP contribution in [0.1, 0.15) is 6.92 Å². The van der Waals surface area contributed by atoms with Gasteiger partial charge in [-0.2, -0.15) is 11.8 Å². The van der Waals surface area contributed by atoms with E-state index in [2.05, 4.69) is 21.5 Å². The fourth-order valence-electron chi connectivity index (χ4n) is 1.70. The highest BCUT2D eigenvalue weighted by atomic mass is 32.2. The van der Waals surface area contributed by atoms with Crippen molar-refractivity contribution in [3.05, 3.63) is 0 Å². The smallest absolute Gasteiger partial charge is 0.215 e. The molecule has 20 heavy (non-hydrogen) atoms. The van der Waals surface area contributed by atoms with Gasteiger partial charge in [-0.3, -0.25) is 4.99 Å². The number of nitrogens with one attached hydrogen (secondary N) is 2. The Morgan fingerprint density at radius 3 is 2.70 bits per heavy atom. The molecule has 0 unspecified atom stereocenters. The van der Waals surface area contributed by atoms with Crippen molar-refractivity contribution in [1.29, 1.82) is 0 Å². The van der Waals surface area contributed by atoms with E-state index in [4.69, 9.17) is 6.42 Å². The van der Waals surface area contributed by atoms with Gasteiger partial charge >= 0.3 is 0 Å². The number of guanidine groups is 1. The van der Waals surface area contributed by atoms with Gasteiger partial charge in [0, 0.05) is 31.1 Å². The van der Waals surface area contributed by atoms with Crippen LogP contribution in [-0.4, -0.2) is 68.7 Å². The lowest BCUT2D eigenvalue weighted by Gasteiger charge is -2.25. The van der Waals surface area contributed by atoms with Crippen LogP contribution >= 0.6 is 11.8 Å². The van der Waals surface area contributed by atoms with Crippen LogP contribution in [0, 0.1) is 12.3 Å². The lowest BCUT2D eigenvalue weighted by molar-refractivity contribution is 0.444. The minimum absolute atomic E-state index is 0.0320. The molecule has 0 aliphatic carbocycles. The molecule has 0 radical (unpaired) electrons. The quantitative estimate of drug-likeness (QED) is 0.394. The summed E-state index contributed by atoms with van der Waals surface area (Å²) in [6.07, 6.45) is 5.17. The number of rotatable bonds is 6. The van der Waals surface area contributed by atoms with Gasteiger partial charge in [-0.25, -0.2) is 12.7 Å². The lowest BCUT2D eigenvalue weighted by atomic mass is 10.6. The van der Waals surface area contributed by atoms with Crippen LogP contribution in [0.25, 0.3) is 0 Å². The topological polar surface area (TPSA) is 73.8 Å². The van der Waals surface area contributed by atoms with E-state index in [0.29, 0.717) is 32.1 Å². The van der Waals surface area contributed by atoms with E-state index in [-0.39, 0.29) is 12.3 Å². The fourth-order valence-corrected chi connectivity index (χ4v) is 4.16. The highest BCUT2D eigenvalue weighted by molar-refractivity contribution is 7.99. The number of hydrogen-bond donors (Lipinski definition) is 2. The zero-order chi connectivity index (χ0) is 14.8. The normalized spacial score (nSPS) is 17.5. The van der Waals surface area contributed by atoms with Crippen molar-refractivity contribution in [2.75, 3.05) is 50.0 Å². The van der Waals surface area contributed by atoms with Crippen molar-refractivity contribution in [3.63, 3.8) is 0 Å². The molecule has 0 aromatic carbocycles. The number of sulfonamides is 1. The second-order valence-corrected chi connectivity index (χ2v) is 7.46. The maximum atomic E-state index is 12.1. The average Bonchev–Trinajstić information content (AvgIpc) is 2.45. The molecule has 1 saturated heterocycles. The van der Waals surface area contributed by atoms with E-state index in [9.17, 15) is 8.42 Å². The first-order chi connectivity index (χ1) is 9.60. The highest BCUT2D eigenvalue weighted by Gasteiger charge is 2.23. The summed E-state index contributed by atoms with van der Waals surface area (Å²) in [6.45, 7) is 4.44. The Hall–Kier alpha value is -0.910.